The summed E-state index contributed by atoms with van der Waals surface area (Å²) in [6.07, 6.45) is 1.69. The van der Waals surface area contributed by atoms with Crippen LogP contribution in [0.15, 0.2) is 33.8 Å². The lowest BCUT2D eigenvalue weighted by atomic mass is 10.2. The molecular formula is C13H11N5O3S. The first-order valence-electron chi connectivity index (χ1n) is 6.15. The summed E-state index contributed by atoms with van der Waals surface area (Å²) >= 11 is 1.02. The molecule has 1 aromatic carbocycles. The molecule has 1 aliphatic rings. The zero-order chi connectivity index (χ0) is 15.7. The van der Waals surface area contributed by atoms with Gasteiger partial charge in [0.15, 0.2) is 5.17 Å². The SMILES string of the molecule is COc1ccc(/C=C2/SC(=N)N(c3nonc3N)C2=O)cc1. The van der Waals surface area contributed by atoms with E-state index in [4.69, 9.17) is 15.9 Å². The number of nitrogen functional groups attached to an aromatic ring is 1. The van der Waals surface area contributed by atoms with Crippen LogP contribution in [0.3, 0.4) is 0 Å². The first-order valence-corrected chi connectivity index (χ1v) is 6.96. The van der Waals surface area contributed by atoms with Crippen LogP contribution < -0.4 is 15.4 Å². The number of nitrogens with two attached hydrogens (primary N) is 1. The van der Waals surface area contributed by atoms with Gasteiger partial charge in [0.25, 0.3) is 5.91 Å². The molecule has 22 heavy (non-hydrogen) atoms. The smallest absolute Gasteiger partial charge is 0.272 e. The number of carbonyl (C=O) groups excluding carboxylic acids is 1. The lowest BCUT2D eigenvalue weighted by molar-refractivity contribution is -0.113. The number of nitrogens with zero attached hydrogens (tertiary/aromatic N) is 3. The Bertz CT molecular complexity index is 768. The Morgan fingerprint density at radius 1 is 1.36 bits per heavy atom. The topological polar surface area (TPSA) is 118 Å². The number of ether oxygens (including phenoxy) is 1. The fraction of sp³-hybridized carbons (Fsp3) is 0.0769. The molecule has 0 bridgehead atoms. The molecule has 1 amide bonds. The van der Waals surface area contributed by atoms with Gasteiger partial charge in [-0.05, 0) is 45.8 Å². The summed E-state index contributed by atoms with van der Waals surface area (Å²) in [5.41, 5.74) is 6.39. The van der Waals surface area contributed by atoms with Crippen molar-refractivity contribution in [2.24, 2.45) is 0 Å². The van der Waals surface area contributed by atoms with E-state index in [1.54, 1.807) is 25.3 Å². The predicted octanol–water partition coefficient (Wildman–Crippen LogP) is 1.72. The first-order chi connectivity index (χ1) is 10.6. The van der Waals surface area contributed by atoms with Crippen LogP contribution in [0.5, 0.6) is 5.75 Å². The number of benzene rings is 1. The van der Waals surface area contributed by atoms with E-state index in [1.165, 1.54) is 0 Å². The van der Waals surface area contributed by atoms with Crippen LogP contribution in [0.1, 0.15) is 5.56 Å². The fourth-order valence-corrected chi connectivity index (χ4v) is 2.72. The lowest BCUT2D eigenvalue weighted by Crippen LogP contribution is -2.29. The van der Waals surface area contributed by atoms with Gasteiger partial charge in [0.1, 0.15) is 5.75 Å². The van der Waals surface area contributed by atoms with Gasteiger partial charge in [-0.3, -0.25) is 10.2 Å². The summed E-state index contributed by atoms with van der Waals surface area (Å²) in [7, 11) is 1.58. The zero-order valence-corrected chi connectivity index (χ0v) is 12.3. The highest BCUT2D eigenvalue weighted by Gasteiger charge is 2.37. The molecule has 112 valence electrons. The third-order valence-corrected chi connectivity index (χ3v) is 3.83. The summed E-state index contributed by atoms with van der Waals surface area (Å²) < 4.78 is 9.56. The minimum Gasteiger partial charge on any atom is -0.497 e. The van der Waals surface area contributed by atoms with Gasteiger partial charge in [-0.25, -0.2) is 9.53 Å². The minimum atomic E-state index is -0.395. The highest BCUT2D eigenvalue weighted by Crippen LogP contribution is 2.36. The van der Waals surface area contributed by atoms with Gasteiger partial charge in [-0.1, -0.05) is 12.1 Å². The molecule has 3 rings (SSSR count). The maximum absolute atomic E-state index is 12.4. The van der Waals surface area contributed by atoms with Gasteiger partial charge in [0, 0.05) is 0 Å². The molecule has 0 unspecified atom stereocenters. The first kappa shape index (κ1) is 14.1. The third-order valence-electron chi connectivity index (χ3n) is 2.94. The van der Waals surface area contributed by atoms with E-state index < -0.39 is 5.91 Å². The number of hydrogen-bond acceptors (Lipinski definition) is 8. The Morgan fingerprint density at radius 2 is 2.09 bits per heavy atom. The van der Waals surface area contributed by atoms with E-state index in [0.29, 0.717) is 4.91 Å². The predicted molar refractivity (Wildman–Crippen MR) is 82.5 cm³/mol. The van der Waals surface area contributed by atoms with Crippen molar-refractivity contribution in [2.75, 3.05) is 17.7 Å². The van der Waals surface area contributed by atoms with Gasteiger partial charge in [-0.2, -0.15) is 0 Å². The number of nitrogens with one attached hydrogen (secondary N) is 1. The molecule has 1 aliphatic heterocycles. The molecule has 0 saturated carbocycles. The second kappa shape index (κ2) is 5.53. The van der Waals surface area contributed by atoms with E-state index in [9.17, 15) is 4.79 Å². The van der Waals surface area contributed by atoms with Crippen molar-refractivity contribution in [3.8, 4) is 5.75 Å². The van der Waals surface area contributed by atoms with Crippen LogP contribution in [0, 0.1) is 5.41 Å². The molecule has 0 spiro atoms. The van der Waals surface area contributed by atoms with Gasteiger partial charge >= 0.3 is 0 Å². The quantitative estimate of drug-likeness (QED) is 0.827. The Kier molecular flexibility index (Phi) is 3.55. The van der Waals surface area contributed by atoms with E-state index >= 15 is 0 Å². The van der Waals surface area contributed by atoms with E-state index in [1.807, 2.05) is 12.1 Å². The van der Waals surface area contributed by atoms with Gasteiger partial charge in [0.05, 0.1) is 12.0 Å². The van der Waals surface area contributed by atoms with Crippen molar-refractivity contribution in [1.29, 1.82) is 5.41 Å². The normalized spacial score (nSPS) is 16.6. The van der Waals surface area contributed by atoms with Crippen LogP contribution in [-0.2, 0) is 4.79 Å². The van der Waals surface area contributed by atoms with Gasteiger partial charge in [-0.15, -0.1) is 0 Å². The molecule has 0 atom stereocenters. The minimum absolute atomic E-state index is 0.00726. The number of thioether (sulfide) groups is 1. The molecule has 9 heteroatoms. The molecule has 1 aromatic heterocycles. The van der Waals surface area contributed by atoms with Gasteiger partial charge < -0.3 is 10.5 Å². The summed E-state index contributed by atoms with van der Waals surface area (Å²) in [6.45, 7) is 0. The zero-order valence-electron chi connectivity index (χ0n) is 11.4. The standard InChI is InChI=1S/C13H11N5O3S/c1-20-8-4-2-7(3-5-8)6-9-12(19)18(13(15)22-9)11-10(14)16-21-17-11/h2-6,15H,1H3,(H2,14,16)/b9-6+,15-13?. The number of hydrogen-bond donors (Lipinski definition) is 2. The highest BCUT2D eigenvalue weighted by atomic mass is 32.2. The maximum atomic E-state index is 12.4. The third kappa shape index (κ3) is 2.42. The van der Waals surface area contributed by atoms with Crippen molar-refractivity contribution in [3.63, 3.8) is 0 Å². The van der Waals surface area contributed by atoms with Crippen LogP contribution in [0.2, 0.25) is 0 Å². The van der Waals surface area contributed by atoms with Gasteiger partial charge in [0.2, 0.25) is 11.6 Å². The molecule has 8 nitrogen and oxygen atoms in total. The average Bonchev–Trinajstić information content (AvgIpc) is 3.04. The number of aromatic nitrogens is 2. The average molecular weight is 317 g/mol. The van der Waals surface area contributed by atoms with Crippen molar-refractivity contribution in [1.82, 2.24) is 10.3 Å². The summed E-state index contributed by atoms with van der Waals surface area (Å²) in [4.78, 5) is 13.8. The fourth-order valence-electron chi connectivity index (χ4n) is 1.88. The van der Waals surface area contributed by atoms with E-state index in [2.05, 4.69) is 14.9 Å². The molecule has 2 aromatic rings. The lowest BCUT2D eigenvalue weighted by Gasteiger charge is -2.09. The van der Waals surface area contributed by atoms with E-state index in [-0.39, 0.29) is 16.8 Å². The Morgan fingerprint density at radius 3 is 2.68 bits per heavy atom. The summed E-state index contributed by atoms with van der Waals surface area (Å²) in [5, 5.41) is 14.9. The van der Waals surface area contributed by atoms with Crippen molar-refractivity contribution in [2.45, 2.75) is 0 Å². The Balaban J connectivity index is 1.90. The maximum Gasteiger partial charge on any atom is 0.272 e. The second-order valence-electron chi connectivity index (χ2n) is 4.30. The van der Waals surface area contributed by atoms with Crippen molar-refractivity contribution in [3.05, 3.63) is 34.7 Å². The summed E-state index contributed by atoms with van der Waals surface area (Å²) in [6, 6.07) is 7.22. The monoisotopic (exact) mass is 317 g/mol. The van der Waals surface area contributed by atoms with Crippen LogP contribution >= 0.6 is 11.8 Å². The van der Waals surface area contributed by atoms with Crippen LogP contribution in [0.4, 0.5) is 11.6 Å². The van der Waals surface area contributed by atoms with Crippen LogP contribution in [0.25, 0.3) is 6.08 Å². The van der Waals surface area contributed by atoms with Crippen molar-refractivity contribution >= 4 is 40.5 Å². The Hall–Kier alpha value is -2.81. The molecule has 2 heterocycles. The summed E-state index contributed by atoms with van der Waals surface area (Å²) in [5.74, 6) is 0.321. The molecule has 3 N–H and O–H groups in total. The number of rotatable bonds is 3. The number of amides is 1. The Labute approximate surface area is 129 Å². The molecule has 1 fully saturated rings. The molecule has 0 aliphatic carbocycles. The molecule has 0 radical (unpaired) electrons. The molecule has 1 saturated heterocycles. The van der Waals surface area contributed by atoms with Crippen LogP contribution in [-0.4, -0.2) is 28.5 Å². The number of carbonyl (C=O) groups is 1. The largest absolute Gasteiger partial charge is 0.497 e. The highest BCUT2D eigenvalue weighted by molar-refractivity contribution is 8.19. The van der Waals surface area contributed by atoms with E-state index in [0.717, 1.165) is 28.0 Å². The number of amidine groups is 1. The second-order valence-corrected chi connectivity index (χ2v) is 5.33. The van der Waals surface area contributed by atoms with Crippen molar-refractivity contribution < 1.29 is 14.2 Å². The number of anilines is 2. The molecular weight excluding hydrogens is 306 g/mol. The number of methoxy groups -OCH3 is 1.